The van der Waals surface area contributed by atoms with Crippen LogP contribution in [0.4, 0.5) is 0 Å². The third-order valence-corrected chi connectivity index (χ3v) is 11.3. The summed E-state index contributed by atoms with van der Waals surface area (Å²) in [5, 5.41) is 4.69. The average Bonchev–Trinajstić information content (AvgIpc) is 3.42. The van der Waals surface area contributed by atoms with Gasteiger partial charge in [-0.05, 0) is 95.5 Å². The van der Waals surface area contributed by atoms with Gasteiger partial charge in [-0.25, -0.2) is 0 Å². The van der Waals surface area contributed by atoms with Crippen LogP contribution in [-0.4, -0.2) is 5.78 Å². The molecule has 6 aromatic rings. The number of hydrogen-bond acceptors (Lipinski definition) is 3. The Morgan fingerprint density at radius 1 is 0.521 bits per heavy atom. The van der Waals surface area contributed by atoms with Crippen molar-refractivity contribution in [2.75, 3.05) is 0 Å². The van der Waals surface area contributed by atoms with Gasteiger partial charge in [-0.3, -0.25) is 4.79 Å². The second-order valence-electron chi connectivity index (χ2n) is 13.8. The Hall–Kier alpha value is -4.89. The van der Waals surface area contributed by atoms with E-state index < -0.39 is 0 Å². The number of rotatable bonds is 6. The zero-order valence-corrected chi connectivity index (χ0v) is 28.3. The van der Waals surface area contributed by atoms with E-state index in [-0.39, 0.29) is 5.78 Å². The van der Waals surface area contributed by atoms with E-state index in [4.69, 9.17) is 9.47 Å². The molecule has 2 heterocycles. The molecule has 0 spiro atoms. The average molecular weight is 629 g/mol. The molecule has 2 aliphatic heterocycles. The topological polar surface area (TPSA) is 35.5 Å². The molecule has 0 radical (unpaired) electrons. The zero-order chi connectivity index (χ0) is 32.7. The summed E-state index contributed by atoms with van der Waals surface area (Å²) >= 11 is 0. The van der Waals surface area contributed by atoms with E-state index in [1.165, 1.54) is 66.1 Å². The molecule has 6 aromatic carbocycles. The van der Waals surface area contributed by atoms with E-state index >= 15 is 4.79 Å². The number of benzene rings is 6. The third kappa shape index (κ3) is 3.97. The van der Waals surface area contributed by atoms with Crippen LogP contribution in [0.5, 0.6) is 11.5 Å². The summed E-state index contributed by atoms with van der Waals surface area (Å²) < 4.78 is 13.2. The minimum atomic E-state index is 0.204. The van der Waals surface area contributed by atoms with E-state index in [1.54, 1.807) is 0 Å². The summed E-state index contributed by atoms with van der Waals surface area (Å²) in [5.74, 6) is 1.99. The number of ether oxygens (including phenoxy) is 2. The molecule has 3 aliphatic rings. The summed E-state index contributed by atoms with van der Waals surface area (Å²) in [5.41, 5.74) is 16.0. The molecule has 0 amide bonds. The monoisotopic (exact) mass is 628 g/mol. The summed E-state index contributed by atoms with van der Waals surface area (Å²) in [4.78, 5) is 15.4. The van der Waals surface area contributed by atoms with Crippen molar-refractivity contribution in [2.24, 2.45) is 0 Å². The van der Waals surface area contributed by atoms with Crippen LogP contribution in [0.25, 0.3) is 54.9 Å². The zero-order valence-electron chi connectivity index (χ0n) is 28.3. The van der Waals surface area contributed by atoms with Crippen LogP contribution in [0.1, 0.15) is 88.8 Å². The van der Waals surface area contributed by atoms with Crippen molar-refractivity contribution in [1.82, 2.24) is 0 Å². The Bertz CT molecular complexity index is 2190. The van der Waals surface area contributed by atoms with Gasteiger partial charge in [0.05, 0.1) is 0 Å². The predicted octanol–water partition coefficient (Wildman–Crippen LogP) is 11.6. The first-order valence-corrected chi connectivity index (χ1v) is 17.7. The first kappa shape index (κ1) is 29.3. The maximum atomic E-state index is 15.4. The number of fused-ring (bicyclic) bond motifs is 15. The molecular formula is C45H40O3. The SMILES string of the molecule is CCCCc1c(C)c2c(c3c1C(=O)c1c(CCCC)c(C)c4c(c1-3)-c1c(ccc3ccccc13)OC4)-c1c(ccc3ccccc13)OC2. The summed E-state index contributed by atoms with van der Waals surface area (Å²) in [6.45, 7) is 9.94. The largest absolute Gasteiger partial charge is 0.488 e. The first-order valence-electron chi connectivity index (χ1n) is 17.7. The van der Waals surface area contributed by atoms with E-state index in [9.17, 15) is 0 Å². The molecule has 3 heteroatoms. The minimum Gasteiger partial charge on any atom is -0.488 e. The second-order valence-corrected chi connectivity index (χ2v) is 13.8. The molecule has 9 rings (SSSR count). The molecular weight excluding hydrogens is 588 g/mol. The van der Waals surface area contributed by atoms with Crippen molar-refractivity contribution in [3.8, 4) is 44.9 Å². The Balaban J connectivity index is 1.51. The van der Waals surface area contributed by atoms with Crippen LogP contribution in [0.3, 0.4) is 0 Å². The molecule has 0 atom stereocenters. The van der Waals surface area contributed by atoms with Crippen molar-refractivity contribution >= 4 is 27.3 Å². The Labute approximate surface area is 282 Å². The molecule has 238 valence electrons. The van der Waals surface area contributed by atoms with E-state index in [2.05, 4.69) is 100 Å². The van der Waals surface area contributed by atoms with Crippen molar-refractivity contribution in [2.45, 2.75) is 79.4 Å². The van der Waals surface area contributed by atoms with E-state index in [0.29, 0.717) is 13.2 Å². The van der Waals surface area contributed by atoms with Crippen LogP contribution in [0.2, 0.25) is 0 Å². The quantitative estimate of drug-likeness (QED) is 0.184. The predicted molar refractivity (Wildman–Crippen MR) is 197 cm³/mol. The minimum absolute atomic E-state index is 0.204. The molecule has 3 nitrogen and oxygen atoms in total. The van der Waals surface area contributed by atoms with E-state index in [1.807, 2.05) is 0 Å². The van der Waals surface area contributed by atoms with Crippen LogP contribution in [-0.2, 0) is 26.1 Å². The lowest BCUT2D eigenvalue weighted by atomic mass is 9.77. The van der Waals surface area contributed by atoms with Gasteiger partial charge in [-0.2, -0.15) is 0 Å². The lowest BCUT2D eigenvalue weighted by Crippen LogP contribution is -2.14. The van der Waals surface area contributed by atoms with Crippen LogP contribution >= 0.6 is 0 Å². The van der Waals surface area contributed by atoms with Gasteiger partial charge in [0, 0.05) is 55.6 Å². The highest BCUT2D eigenvalue weighted by Gasteiger charge is 2.42. The fraction of sp³-hybridized carbons (Fsp3) is 0.267. The van der Waals surface area contributed by atoms with Crippen LogP contribution < -0.4 is 9.47 Å². The molecule has 48 heavy (non-hydrogen) atoms. The van der Waals surface area contributed by atoms with Crippen molar-refractivity contribution in [3.05, 3.63) is 117 Å². The van der Waals surface area contributed by atoms with Crippen LogP contribution in [0.15, 0.2) is 72.8 Å². The Morgan fingerprint density at radius 2 is 0.958 bits per heavy atom. The van der Waals surface area contributed by atoms with Gasteiger partial charge < -0.3 is 9.47 Å². The number of hydrogen-bond donors (Lipinski definition) is 0. The highest BCUT2D eigenvalue weighted by Crippen LogP contribution is 2.59. The van der Waals surface area contributed by atoms with Gasteiger partial charge >= 0.3 is 0 Å². The fourth-order valence-corrected chi connectivity index (χ4v) is 8.90. The van der Waals surface area contributed by atoms with Gasteiger partial charge in [0.2, 0.25) is 0 Å². The summed E-state index contributed by atoms with van der Waals surface area (Å²) in [7, 11) is 0. The molecule has 1 aliphatic carbocycles. The number of carbonyl (C=O) groups is 1. The van der Waals surface area contributed by atoms with Gasteiger partial charge in [0.15, 0.2) is 5.78 Å². The van der Waals surface area contributed by atoms with Gasteiger partial charge in [-0.15, -0.1) is 0 Å². The standard InChI is InChI=1S/C45H40O3/c1-5-7-15-29-25(3)33-23-47-35-21-19-27-13-9-11-17-31(27)37(35)39(33)43-41(29)45(46)42-30(16-8-6-2)26(4)34-24-48-36-22-20-28-14-10-12-18-32(28)38(36)40(34)44(42)43/h9-14,17-22H,5-8,15-16,23-24H2,1-4H3. The van der Waals surface area contributed by atoms with Crippen molar-refractivity contribution < 1.29 is 14.3 Å². The highest BCUT2D eigenvalue weighted by atomic mass is 16.5. The fourth-order valence-electron chi connectivity index (χ4n) is 8.90. The second kappa shape index (κ2) is 11.1. The molecule has 0 N–H and O–H groups in total. The molecule has 0 saturated carbocycles. The van der Waals surface area contributed by atoms with E-state index in [0.717, 1.165) is 83.4 Å². The molecule has 0 fully saturated rings. The maximum Gasteiger partial charge on any atom is 0.194 e. The number of carbonyl (C=O) groups excluding carboxylic acids is 1. The van der Waals surface area contributed by atoms with Gasteiger partial charge in [0.1, 0.15) is 24.7 Å². The number of ketones is 1. The summed E-state index contributed by atoms with van der Waals surface area (Å²) in [6.07, 6.45) is 5.99. The third-order valence-electron chi connectivity index (χ3n) is 11.3. The summed E-state index contributed by atoms with van der Waals surface area (Å²) in [6, 6.07) is 25.8. The van der Waals surface area contributed by atoms with Gasteiger partial charge in [-0.1, -0.05) is 87.4 Å². The van der Waals surface area contributed by atoms with Crippen LogP contribution in [0, 0.1) is 13.8 Å². The molecule has 0 bridgehead atoms. The number of unbranched alkanes of at least 4 members (excludes halogenated alkanes) is 2. The van der Waals surface area contributed by atoms with Crippen molar-refractivity contribution in [1.29, 1.82) is 0 Å². The first-order chi connectivity index (χ1) is 23.5. The Morgan fingerprint density at radius 3 is 1.40 bits per heavy atom. The van der Waals surface area contributed by atoms with Crippen molar-refractivity contribution in [3.63, 3.8) is 0 Å². The molecule has 0 unspecified atom stereocenters. The normalized spacial score (nSPS) is 13.7. The lowest BCUT2D eigenvalue weighted by Gasteiger charge is -2.31. The maximum absolute atomic E-state index is 15.4. The Kier molecular flexibility index (Phi) is 6.76. The van der Waals surface area contributed by atoms with Gasteiger partial charge in [0.25, 0.3) is 0 Å². The molecule has 0 aromatic heterocycles. The highest BCUT2D eigenvalue weighted by molar-refractivity contribution is 6.30. The molecule has 0 saturated heterocycles. The lowest BCUT2D eigenvalue weighted by molar-refractivity contribution is 0.104. The smallest absolute Gasteiger partial charge is 0.194 e.